The molecule has 0 fully saturated rings. The molecule has 0 aliphatic carbocycles. The number of carbonyl (C=O) groups is 1. The van der Waals surface area contributed by atoms with Crippen LogP contribution in [0.4, 0.5) is 0 Å². The average Bonchev–Trinajstić information content (AvgIpc) is 2.23. The summed E-state index contributed by atoms with van der Waals surface area (Å²) in [5.74, 6) is 0. The summed E-state index contributed by atoms with van der Waals surface area (Å²) in [5.41, 5.74) is 0. The molecule has 0 saturated heterocycles. The first-order valence-corrected chi connectivity index (χ1v) is 10.7. The van der Waals surface area contributed by atoms with Crippen molar-refractivity contribution in [3.63, 3.8) is 0 Å². The summed E-state index contributed by atoms with van der Waals surface area (Å²) in [4.78, 5) is 10.3. The molecule has 0 aliphatic rings. The van der Waals surface area contributed by atoms with Crippen LogP contribution in [0.15, 0.2) is 8.96 Å². The molecular weight excluding hydrogens is 376 g/mol. The topological polar surface area (TPSA) is 26.3 Å². The van der Waals surface area contributed by atoms with Gasteiger partial charge in [0.2, 0.25) is 0 Å². The van der Waals surface area contributed by atoms with Gasteiger partial charge in [0, 0.05) is 28.4 Å². The summed E-state index contributed by atoms with van der Waals surface area (Å²) >= 11 is 7.04. The first-order chi connectivity index (χ1) is 8.12. The maximum absolute atomic E-state index is 10.3. The summed E-state index contributed by atoms with van der Waals surface area (Å²) in [6, 6.07) is 0. The Hall–Kier alpha value is 0.547. The van der Waals surface area contributed by atoms with Gasteiger partial charge in [-0.1, -0.05) is 52.6 Å². The van der Waals surface area contributed by atoms with E-state index in [0.717, 1.165) is 34.7 Å². The van der Waals surface area contributed by atoms with Crippen LogP contribution in [-0.2, 0) is 9.22 Å². The largest absolute Gasteiger partial charge is 0.416 e. The van der Waals surface area contributed by atoms with E-state index in [-0.39, 0.29) is 5.04 Å². The minimum absolute atomic E-state index is 0.248. The lowest BCUT2D eigenvalue weighted by Gasteiger charge is -2.36. The molecule has 0 rings (SSSR count). The molecule has 0 radical (unpaired) electrons. The van der Waals surface area contributed by atoms with Crippen LogP contribution in [-0.4, -0.2) is 21.2 Å². The Morgan fingerprint density at radius 3 is 2.11 bits per heavy atom. The van der Waals surface area contributed by atoms with E-state index in [1.54, 1.807) is 0 Å². The zero-order valence-corrected chi connectivity index (χ0v) is 16.2. The van der Waals surface area contributed by atoms with Crippen LogP contribution >= 0.6 is 31.9 Å². The number of carbonyl (C=O) groups excluding carboxylic acids is 1. The quantitative estimate of drug-likeness (QED) is 0.424. The molecule has 2 nitrogen and oxygen atoms in total. The first kappa shape index (κ1) is 18.5. The lowest BCUT2D eigenvalue weighted by atomic mass is 10.2. The molecule has 0 aromatic rings. The summed E-state index contributed by atoms with van der Waals surface area (Å²) in [6.07, 6.45) is 3.10. The van der Waals surface area contributed by atoms with E-state index in [0.29, 0.717) is 6.42 Å². The molecule has 0 heterocycles. The smallest absolute Gasteiger partial charge is 0.191 e. The van der Waals surface area contributed by atoms with E-state index < -0.39 is 8.32 Å². The Morgan fingerprint density at radius 2 is 1.67 bits per heavy atom. The second-order valence-corrected chi connectivity index (χ2v) is 12.6. The number of hydrogen-bond acceptors (Lipinski definition) is 2. The minimum atomic E-state index is -1.65. The number of rotatable bonds is 7. The lowest BCUT2D eigenvalue weighted by molar-refractivity contribution is -0.107. The van der Waals surface area contributed by atoms with Crippen molar-refractivity contribution < 1.29 is 9.22 Å². The normalized spacial score (nSPS) is 14.4. The monoisotopic (exact) mass is 398 g/mol. The van der Waals surface area contributed by atoms with Gasteiger partial charge >= 0.3 is 0 Å². The molecule has 0 atom stereocenters. The van der Waals surface area contributed by atoms with Gasteiger partial charge in [0.05, 0.1) is 0 Å². The summed E-state index contributed by atoms with van der Waals surface area (Å²) in [7, 11) is -1.65. The Bertz CT molecular complexity index is 307. The molecule has 0 N–H and O–H groups in total. The van der Waals surface area contributed by atoms with Gasteiger partial charge in [0.1, 0.15) is 6.29 Å². The minimum Gasteiger partial charge on any atom is -0.416 e. The fourth-order valence-electron chi connectivity index (χ4n) is 1.07. The van der Waals surface area contributed by atoms with Gasteiger partial charge < -0.3 is 9.22 Å². The predicted molar refractivity (Wildman–Crippen MR) is 87.9 cm³/mol. The summed E-state index contributed by atoms with van der Waals surface area (Å²) in [6.45, 7) is 12.0. The number of hydrogen-bond donors (Lipinski definition) is 0. The summed E-state index contributed by atoms with van der Waals surface area (Å²) < 4.78 is 8.27. The van der Waals surface area contributed by atoms with E-state index in [4.69, 9.17) is 4.43 Å². The van der Waals surface area contributed by atoms with Crippen molar-refractivity contribution in [1.29, 1.82) is 0 Å². The van der Waals surface area contributed by atoms with E-state index in [1.807, 2.05) is 0 Å². The highest BCUT2D eigenvalue weighted by Gasteiger charge is 2.36. The molecule has 18 heavy (non-hydrogen) atoms. The third-order valence-corrected chi connectivity index (χ3v) is 10.2. The third kappa shape index (κ3) is 6.64. The van der Waals surface area contributed by atoms with Crippen molar-refractivity contribution in [1.82, 2.24) is 0 Å². The highest BCUT2D eigenvalue weighted by atomic mass is 79.9. The molecule has 5 heteroatoms. The zero-order valence-electron chi connectivity index (χ0n) is 12.0. The Kier molecular flexibility index (Phi) is 8.22. The lowest BCUT2D eigenvalue weighted by Crippen LogP contribution is -2.40. The van der Waals surface area contributed by atoms with Gasteiger partial charge in [-0.2, -0.15) is 0 Å². The predicted octanol–water partition coefficient (Wildman–Crippen LogP) is 5.38. The van der Waals surface area contributed by atoms with Gasteiger partial charge in [-0.05, 0) is 24.6 Å². The highest BCUT2D eigenvalue weighted by Crippen LogP contribution is 2.37. The van der Waals surface area contributed by atoms with Crippen molar-refractivity contribution in [2.45, 2.75) is 58.2 Å². The third-order valence-electron chi connectivity index (χ3n) is 3.37. The average molecular weight is 400 g/mol. The van der Waals surface area contributed by atoms with Crippen LogP contribution in [0.5, 0.6) is 0 Å². The van der Waals surface area contributed by atoms with E-state index >= 15 is 0 Å². The van der Waals surface area contributed by atoms with Gasteiger partial charge in [0.15, 0.2) is 8.32 Å². The van der Waals surface area contributed by atoms with Crippen molar-refractivity contribution >= 4 is 46.5 Å². The Balaban J connectivity index is 4.23. The second kappa shape index (κ2) is 7.97. The van der Waals surface area contributed by atoms with Crippen LogP contribution in [0.1, 0.15) is 40.0 Å². The van der Waals surface area contributed by atoms with Crippen LogP contribution in [0, 0.1) is 0 Å². The SMILES string of the molecule is CC(C)(C)[Si](C)(C)OCC/C(Br)=C(/Br)CCC=O. The Morgan fingerprint density at radius 1 is 1.17 bits per heavy atom. The van der Waals surface area contributed by atoms with E-state index in [1.165, 1.54) is 0 Å². The van der Waals surface area contributed by atoms with Crippen LogP contribution in [0.25, 0.3) is 0 Å². The molecule has 0 aliphatic heterocycles. The molecule has 0 amide bonds. The molecule has 0 unspecified atom stereocenters. The van der Waals surface area contributed by atoms with Crippen LogP contribution < -0.4 is 0 Å². The summed E-state index contributed by atoms with van der Waals surface area (Å²) in [5, 5.41) is 0.248. The number of halogens is 2. The molecule has 0 saturated carbocycles. The second-order valence-electron chi connectivity index (χ2n) is 5.87. The van der Waals surface area contributed by atoms with Gasteiger partial charge in [-0.3, -0.25) is 0 Å². The molecular formula is C13H24Br2O2Si. The van der Waals surface area contributed by atoms with Gasteiger partial charge in [-0.25, -0.2) is 0 Å². The Labute approximate surface area is 129 Å². The first-order valence-electron chi connectivity index (χ1n) is 6.22. The standard InChI is InChI=1S/C13H24Br2O2Si/c1-13(2,3)18(4,5)17-10-8-12(15)11(14)7-6-9-16/h9H,6-8,10H2,1-5H3/b12-11-. The maximum atomic E-state index is 10.3. The van der Waals surface area contributed by atoms with Gasteiger partial charge in [-0.15, -0.1) is 0 Å². The van der Waals surface area contributed by atoms with E-state index in [9.17, 15) is 4.79 Å². The number of allylic oxidation sites excluding steroid dienone is 1. The zero-order chi connectivity index (χ0) is 14.4. The van der Waals surface area contributed by atoms with Crippen molar-refractivity contribution in [3.8, 4) is 0 Å². The van der Waals surface area contributed by atoms with Crippen LogP contribution in [0.3, 0.4) is 0 Å². The molecule has 0 bridgehead atoms. The fourth-order valence-corrected chi connectivity index (χ4v) is 2.90. The highest BCUT2D eigenvalue weighted by molar-refractivity contribution is 9.14. The van der Waals surface area contributed by atoms with Crippen molar-refractivity contribution in [3.05, 3.63) is 8.96 Å². The van der Waals surface area contributed by atoms with Crippen molar-refractivity contribution in [2.75, 3.05) is 6.61 Å². The fraction of sp³-hybridized carbons (Fsp3) is 0.769. The van der Waals surface area contributed by atoms with Crippen molar-refractivity contribution in [2.24, 2.45) is 0 Å². The molecule has 0 aromatic carbocycles. The van der Waals surface area contributed by atoms with Gasteiger partial charge in [0.25, 0.3) is 0 Å². The number of aldehydes is 1. The molecule has 0 aromatic heterocycles. The molecule has 0 spiro atoms. The molecule has 106 valence electrons. The maximum Gasteiger partial charge on any atom is 0.191 e. The van der Waals surface area contributed by atoms with Crippen LogP contribution in [0.2, 0.25) is 18.1 Å². The van der Waals surface area contributed by atoms with E-state index in [2.05, 4.69) is 65.7 Å².